The minimum absolute atomic E-state index is 0.110. The van der Waals surface area contributed by atoms with Gasteiger partial charge in [-0.15, -0.1) is 11.6 Å². The lowest BCUT2D eigenvalue weighted by molar-refractivity contribution is -0.119. The van der Waals surface area contributed by atoms with Gasteiger partial charge in [0.2, 0.25) is 15.9 Å². The fraction of sp³-hybridized carbons (Fsp3) is 0.417. The molecule has 1 aromatic rings. The van der Waals surface area contributed by atoms with Gasteiger partial charge >= 0.3 is 0 Å². The van der Waals surface area contributed by atoms with Crippen molar-refractivity contribution in [2.75, 3.05) is 12.4 Å². The lowest BCUT2D eigenvalue weighted by Gasteiger charge is -2.14. The van der Waals surface area contributed by atoms with Crippen LogP contribution in [0.4, 0.5) is 0 Å². The molecule has 7 heteroatoms. The number of aryl methyl sites for hydroxylation is 1. The van der Waals surface area contributed by atoms with Gasteiger partial charge in [0.05, 0.1) is 4.90 Å². The monoisotopic (exact) mass is 304 g/mol. The second-order valence-corrected chi connectivity index (χ2v) is 6.30. The molecule has 0 aromatic heterocycles. The largest absolute Gasteiger partial charge is 0.351 e. The maximum absolute atomic E-state index is 12.0. The molecule has 106 valence electrons. The van der Waals surface area contributed by atoms with Crippen molar-refractivity contribution in [3.05, 3.63) is 29.8 Å². The van der Waals surface area contributed by atoms with E-state index in [1.807, 2.05) is 6.92 Å². The highest BCUT2D eigenvalue weighted by molar-refractivity contribution is 7.89. The average Bonchev–Trinajstić information content (AvgIpc) is 2.37. The number of benzene rings is 1. The van der Waals surface area contributed by atoms with Crippen molar-refractivity contribution in [1.29, 1.82) is 0 Å². The lowest BCUT2D eigenvalue weighted by Crippen LogP contribution is -2.42. The van der Waals surface area contributed by atoms with Gasteiger partial charge in [0.15, 0.2) is 0 Å². The summed E-state index contributed by atoms with van der Waals surface area (Å²) in [5, 5.41) is 2.56. The topological polar surface area (TPSA) is 75.3 Å². The van der Waals surface area contributed by atoms with Gasteiger partial charge in [0.25, 0.3) is 0 Å². The molecule has 0 aliphatic heterocycles. The van der Waals surface area contributed by atoms with Crippen LogP contribution >= 0.6 is 11.6 Å². The highest BCUT2D eigenvalue weighted by Gasteiger charge is 2.15. The Morgan fingerprint density at radius 1 is 1.32 bits per heavy atom. The number of sulfonamides is 1. The van der Waals surface area contributed by atoms with Crippen LogP contribution in [0.15, 0.2) is 29.2 Å². The zero-order chi connectivity index (χ0) is 14.5. The molecule has 1 atom stereocenters. The highest BCUT2D eigenvalue weighted by Crippen LogP contribution is 2.09. The Morgan fingerprint density at radius 3 is 2.42 bits per heavy atom. The Hall–Kier alpha value is -1.11. The number of hydrogen-bond donors (Lipinski definition) is 2. The maximum atomic E-state index is 12.0. The minimum Gasteiger partial charge on any atom is -0.351 e. The number of halogens is 1. The van der Waals surface area contributed by atoms with Crippen LogP contribution < -0.4 is 10.0 Å². The molecule has 0 saturated carbocycles. The van der Waals surface area contributed by atoms with Gasteiger partial charge in [0, 0.05) is 12.6 Å². The Bertz CT molecular complexity index is 528. The second-order valence-electron chi connectivity index (χ2n) is 4.27. The fourth-order valence-electron chi connectivity index (χ4n) is 1.40. The molecule has 0 radical (unpaired) electrons. The van der Waals surface area contributed by atoms with Gasteiger partial charge in [-0.25, -0.2) is 13.1 Å². The van der Waals surface area contributed by atoms with Crippen LogP contribution in [-0.2, 0) is 14.8 Å². The van der Waals surface area contributed by atoms with Crippen LogP contribution in [0, 0.1) is 6.92 Å². The van der Waals surface area contributed by atoms with E-state index in [9.17, 15) is 13.2 Å². The van der Waals surface area contributed by atoms with Gasteiger partial charge in [-0.05, 0) is 26.0 Å². The third kappa shape index (κ3) is 5.18. The first-order valence-electron chi connectivity index (χ1n) is 5.77. The maximum Gasteiger partial charge on any atom is 0.240 e. The van der Waals surface area contributed by atoms with Gasteiger partial charge in [-0.1, -0.05) is 17.7 Å². The van der Waals surface area contributed by atoms with Crippen LogP contribution in [0.25, 0.3) is 0 Å². The van der Waals surface area contributed by atoms with Crippen molar-refractivity contribution in [3.63, 3.8) is 0 Å². The Kier molecular flexibility index (Phi) is 5.78. The third-order valence-corrected chi connectivity index (χ3v) is 4.12. The van der Waals surface area contributed by atoms with E-state index in [2.05, 4.69) is 10.0 Å². The molecule has 0 spiro atoms. The van der Waals surface area contributed by atoms with Gasteiger partial charge in [0.1, 0.15) is 5.88 Å². The summed E-state index contributed by atoms with van der Waals surface area (Å²) in [6.45, 7) is 3.69. The summed E-state index contributed by atoms with van der Waals surface area (Å²) >= 11 is 5.35. The van der Waals surface area contributed by atoms with E-state index in [4.69, 9.17) is 11.6 Å². The molecular weight excluding hydrogens is 288 g/mol. The standard InChI is InChI=1S/C12H17ClN2O3S/c1-9-3-5-11(6-4-9)19(17,18)14-8-10(2)15-12(16)7-13/h3-6,10,14H,7-8H2,1-2H3,(H,15,16)/t10-/m0/s1. The quantitative estimate of drug-likeness (QED) is 0.770. The smallest absolute Gasteiger partial charge is 0.240 e. The lowest BCUT2D eigenvalue weighted by atomic mass is 10.2. The van der Waals surface area contributed by atoms with Crippen molar-refractivity contribution in [1.82, 2.24) is 10.0 Å². The van der Waals surface area contributed by atoms with E-state index >= 15 is 0 Å². The summed E-state index contributed by atoms with van der Waals surface area (Å²) in [5.74, 6) is -0.474. The van der Waals surface area contributed by atoms with Gasteiger partial charge in [-0.2, -0.15) is 0 Å². The summed E-state index contributed by atoms with van der Waals surface area (Å²) < 4.78 is 26.3. The average molecular weight is 305 g/mol. The minimum atomic E-state index is -3.55. The molecule has 5 nitrogen and oxygen atoms in total. The van der Waals surface area contributed by atoms with Crippen molar-refractivity contribution < 1.29 is 13.2 Å². The Morgan fingerprint density at radius 2 is 1.89 bits per heavy atom. The molecule has 0 aliphatic rings. The molecule has 19 heavy (non-hydrogen) atoms. The first-order chi connectivity index (χ1) is 8.85. The van der Waals surface area contributed by atoms with Gasteiger partial charge in [-0.3, -0.25) is 4.79 Å². The van der Waals surface area contributed by atoms with Crippen molar-refractivity contribution in [2.45, 2.75) is 24.8 Å². The van der Waals surface area contributed by atoms with Crippen LogP contribution in [0.5, 0.6) is 0 Å². The SMILES string of the molecule is Cc1ccc(S(=O)(=O)NC[C@H](C)NC(=O)CCl)cc1. The summed E-state index contributed by atoms with van der Waals surface area (Å²) in [4.78, 5) is 11.2. The number of alkyl halides is 1. The van der Waals surface area contributed by atoms with E-state index in [1.165, 1.54) is 0 Å². The van der Waals surface area contributed by atoms with Crippen LogP contribution in [0.1, 0.15) is 12.5 Å². The molecule has 0 unspecified atom stereocenters. The van der Waals surface area contributed by atoms with Crippen molar-refractivity contribution in [2.24, 2.45) is 0 Å². The second kappa shape index (κ2) is 6.88. The summed E-state index contributed by atoms with van der Waals surface area (Å²) in [6.07, 6.45) is 0. The molecule has 0 bridgehead atoms. The van der Waals surface area contributed by atoms with E-state index in [-0.39, 0.29) is 29.3 Å². The molecular formula is C12H17ClN2O3S. The number of rotatable bonds is 6. The number of nitrogens with one attached hydrogen (secondary N) is 2. The predicted molar refractivity (Wildman–Crippen MR) is 74.7 cm³/mol. The Balaban J connectivity index is 2.61. The zero-order valence-corrected chi connectivity index (χ0v) is 12.4. The van der Waals surface area contributed by atoms with E-state index in [0.717, 1.165) is 5.56 Å². The molecule has 0 saturated heterocycles. The molecule has 0 aliphatic carbocycles. The van der Waals surface area contributed by atoms with Crippen molar-refractivity contribution in [3.8, 4) is 0 Å². The summed E-state index contributed by atoms with van der Waals surface area (Å²) in [5.41, 5.74) is 0.988. The van der Waals surface area contributed by atoms with Crippen LogP contribution in [-0.4, -0.2) is 32.8 Å². The first-order valence-corrected chi connectivity index (χ1v) is 7.78. The van der Waals surface area contributed by atoms with E-state index in [0.29, 0.717) is 0 Å². The third-order valence-electron chi connectivity index (χ3n) is 2.44. The number of carbonyl (C=O) groups excluding carboxylic acids is 1. The summed E-state index contributed by atoms with van der Waals surface area (Å²) in [7, 11) is -3.55. The van der Waals surface area contributed by atoms with E-state index in [1.54, 1.807) is 31.2 Å². The Labute approximate surface area is 118 Å². The number of carbonyl (C=O) groups is 1. The molecule has 0 fully saturated rings. The molecule has 1 rings (SSSR count). The normalized spacial score (nSPS) is 13.0. The highest BCUT2D eigenvalue weighted by atomic mass is 35.5. The summed E-state index contributed by atoms with van der Waals surface area (Å²) in [6, 6.07) is 6.21. The molecule has 0 heterocycles. The molecule has 1 aromatic carbocycles. The molecule has 1 amide bonds. The van der Waals surface area contributed by atoms with Crippen molar-refractivity contribution >= 4 is 27.5 Å². The van der Waals surface area contributed by atoms with Gasteiger partial charge < -0.3 is 5.32 Å². The fourth-order valence-corrected chi connectivity index (χ4v) is 2.61. The predicted octanol–water partition coefficient (Wildman–Crippen LogP) is 1.02. The first kappa shape index (κ1) is 15.9. The molecule has 2 N–H and O–H groups in total. The van der Waals surface area contributed by atoms with Crippen LogP contribution in [0.3, 0.4) is 0 Å². The van der Waals surface area contributed by atoms with E-state index < -0.39 is 10.0 Å². The van der Waals surface area contributed by atoms with Crippen LogP contribution in [0.2, 0.25) is 0 Å². The number of hydrogen-bond acceptors (Lipinski definition) is 3. The zero-order valence-electron chi connectivity index (χ0n) is 10.8. The number of amides is 1.